The number of imidazole rings is 1. The third-order valence-electron chi connectivity index (χ3n) is 5.39. The maximum absolute atomic E-state index is 13.2. The smallest absolute Gasteiger partial charge is 0.332 e. The number of ketones is 1. The molecule has 0 bridgehead atoms. The molecule has 0 unspecified atom stereocenters. The lowest BCUT2D eigenvalue weighted by Crippen LogP contribution is -2.39. The van der Waals surface area contributed by atoms with Crippen molar-refractivity contribution in [3.05, 3.63) is 56.7 Å². The van der Waals surface area contributed by atoms with Gasteiger partial charge >= 0.3 is 5.69 Å². The number of carbonyl (C=O) groups excluding carboxylic acids is 1. The summed E-state index contributed by atoms with van der Waals surface area (Å²) in [4.78, 5) is 45.2. The molecule has 9 nitrogen and oxygen atoms in total. The number of hydrogen-bond acceptors (Lipinski definition) is 6. The zero-order valence-electron chi connectivity index (χ0n) is 16.7. The molecular weight excluding hydrogens is 374 g/mol. The van der Waals surface area contributed by atoms with Crippen LogP contribution < -0.4 is 16.1 Å². The number of aromatic nitrogens is 4. The Morgan fingerprint density at radius 1 is 1.07 bits per heavy atom. The van der Waals surface area contributed by atoms with Gasteiger partial charge < -0.3 is 9.64 Å². The van der Waals surface area contributed by atoms with Gasteiger partial charge in [-0.15, -0.1) is 0 Å². The van der Waals surface area contributed by atoms with Crippen molar-refractivity contribution in [3.63, 3.8) is 0 Å². The fourth-order valence-electron chi connectivity index (χ4n) is 3.72. The molecule has 4 rings (SSSR count). The van der Waals surface area contributed by atoms with Gasteiger partial charge in [0.15, 0.2) is 16.9 Å². The lowest BCUT2D eigenvalue weighted by atomic mass is 10.1. The minimum atomic E-state index is -0.676. The van der Waals surface area contributed by atoms with Crippen molar-refractivity contribution < 1.29 is 9.53 Å². The van der Waals surface area contributed by atoms with Gasteiger partial charge in [-0.3, -0.25) is 23.3 Å². The number of hydrogen-bond donors (Lipinski definition) is 0. The third-order valence-corrected chi connectivity index (χ3v) is 5.39. The molecule has 1 aromatic carbocycles. The van der Waals surface area contributed by atoms with E-state index in [-0.39, 0.29) is 16.9 Å². The predicted molar refractivity (Wildman–Crippen MR) is 109 cm³/mol. The van der Waals surface area contributed by atoms with E-state index in [1.807, 2.05) is 11.0 Å². The zero-order chi connectivity index (χ0) is 20.7. The SMILES string of the molecule is C[C@@H](C(=O)c1ccccc1)n1c(N2CCOCC2)nc2c1c(=O)n(C)c(=O)n2C. The molecule has 1 fully saturated rings. The highest BCUT2D eigenvalue weighted by Gasteiger charge is 2.29. The van der Waals surface area contributed by atoms with E-state index in [4.69, 9.17) is 4.74 Å². The molecule has 152 valence electrons. The molecule has 3 aromatic rings. The Labute approximate surface area is 166 Å². The molecule has 0 amide bonds. The average Bonchev–Trinajstić information content (AvgIpc) is 3.17. The van der Waals surface area contributed by atoms with E-state index < -0.39 is 17.3 Å². The molecule has 1 aliphatic heterocycles. The van der Waals surface area contributed by atoms with E-state index in [9.17, 15) is 14.4 Å². The first kappa shape index (κ1) is 19.1. The molecule has 9 heteroatoms. The van der Waals surface area contributed by atoms with E-state index in [2.05, 4.69) is 4.98 Å². The highest BCUT2D eigenvalue weighted by molar-refractivity contribution is 5.99. The monoisotopic (exact) mass is 397 g/mol. The molecule has 0 saturated carbocycles. The van der Waals surface area contributed by atoms with Gasteiger partial charge in [0, 0.05) is 32.7 Å². The second-order valence-corrected chi connectivity index (χ2v) is 7.17. The van der Waals surface area contributed by atoms with Crippen molar-refractivity contribution in [1.82, 2.24) is 18.7 Å². The highest BCUT2D eigenvalue weighted by atomic mass is 16.5. The van der Waals surface area contributed by atoms with E-state index in [0.29, 0.717) is 37.8 Å². The summed E-state index contributed by atoms with van der Waals surface area (Å²) in [5.74, 6) is 0.369. The molecule has 1 atom stereocenters. The molecule has 0 aliphatic carbocycles. The van der Waals surface area contributed by atoms with Crippen LogP contribution >= 0.6 is 0 Å². The fraction of sp³-hybridized carbons (Fsp3) is 0.400. The summed E-state index contributed by atoms with van der Waals surface area (Å²) in [7, 11) is 3.01. The molecule has 2 aromatic heterocycles. The molecule has 1 aliphatic rings. The number of benzene rings is 1. The van der Waals surface area contributed by atoms with E-state index in [1.165, 1.54) is 11.6 Å². The van der Waals surface area contributed by atoms with E-state index in [0.717, 1.165) is 4.57 Å². The summed E-state index contributed by atoms with van der Waals surface area (Å²) >= 11 is 0. The van der Waals surface area contributed by atoms with Crippen molar-refractivity contribution in [2.45, 2.75) is 13.0 Å². The first-order valence-electron chi connectivity index (χ1n) is 9.51. The molecular formula is C20H23N5O4. The first-order valence-corrected chi connectivity index (χ1v) is 9.51. The third kappa shape index (κ3) is 3.07. The minimum Gasteiger partial charge on any atom is -0.378 e. The van der Waals surface area contributed by atoms with E-state index >= 15 is 0 Å². The van der Waals surface area contributed by atoms with Crippen LogP contribution in [0.2, 0.25) is 0 Å². The Morgan fingerprint density at radius 3 is 2.38 bits per heavy atom. The van der Waals surface area contributed by atoms with Crippen LogP contribution in [-0.2, 0) is 18.8 Å². The average molecular weight is 397 g/mol. The Hall–Kier alpha value is -3.20. The number of carbonyl (C=O) groups is 1. The summed E-state index contributed by atoms with van der Waals surface area (Å²) < 4.78 is 9.48. The quantitative estimate of drug-likeness (QED) is 0.603. The molecule has 0 N–H and O–H groups in total. The number of nitrogens with zero attached hydrogens (tertiary/aromatic N) is 5. The molecule has 3 heterocycles. The predicted octanol–water partition coefficient (Wildman–Crippen LogP) is 0.714. The van der Waals surface area contributed by atoms with Crippen LogP contribution in [0.4, 0.5) is 5.95 Å². The van der Waals surface area contributed by atoms with Crippen LogP contribution in [0, 0.1) is 0 Å². The standard InChI is InChI=1S/C20H23N5O4/c1-13(16(26)14-7-5-4-6-8-14)25-15-17(22(2)20(28)23(3)18(15)27)21-19(25)24-9-11-29-12-10-24/h4-8,13H,9-12H2,1-3H3/t13-/m0/s1. The Kier molecular flexibility index (Phi) is 4.83. The number of morpholine rings is 1. The maximum Gasteiger partial charge on any atom is 0.332 e. The van der Waals surface area contributed by atoms with Crippen molar-refractivity contribution >= 4 is 22.9 Å². The van der Waals surface area contributed by atoms with Gasteiger partial charge in [0.2, 0.25) is 5.95 Å². The van der Waals surface area contributed by atoms with Gasteiger partial charge in [-0.05, 0) is 6.92 Å². The molecule has 0 spiro atoms. The number of rotatable bonds is 4. The topological polar surface area (TPSA) is 91.4 Å². The Balaban J connectivity index is 1.98. The van der Waals surface area contributed by atoms with Crippen LogP contribution in [0.5, 0.6) is 0 Å². The van der Waals surface area contributed by atoms with Crippen LogP contribution in [-0.4, -0.2) is 50.8 Å². The Bertz CT molecular complexity index is 1190. The van der Waals surface area contributed by atoms with E-state index in [1.54, 1.807) is 42.8 Å². The largest absolute Gasteiger partial charge is 0.378 e. The number of ether oxygens (including phenoxy) is 1. The summed E-state index contributed by atoms with van der Waals surface area (Å²) in [5, 5.41) is 0. The lowest BCUT2D eigenvalue weighted by molar-refractivity contribution is 0.0935. The minimum absolute atomic E-state index is 0.129. The number of anilines is 1. The van der Waals surface area contributed by atoms with Gasteiger partial charge in [-0.25, -0.2) is 4.79 Å². The molecule has 29 heavy (non-hydrogen) atoms. The summed E-state index contributed by atoms with van der Waals surface area (Å²) in [6, 6.07) is 8.28. The van der Waals surface area contributed by atoms with Gasteiger partial charge in [0.1, 0.15) is 0 Å². The van der Waals surface area contributed by atoms with Gasteiger partial charge in [-0.2, -0.15) is 4.98 Å². The molecule has 1 saturated heterocycles. The van der Waals surface area contributed by atoms with Crippen molar-refractivity contribution in [3.8, 4) is 0 Å². The van der Waals surface area contributed by atoms with Crippen LogP contribution in [0.3, 0.4) is 0 Å². The van der Waals surface area contributed by atoms with Crippen molar-refractivity contribution in [2.75, 3.05) is 31.2 Å². The van der Waals surface area contributed by atoms with Crippen molar-refractivity contribution in [2.24, 2.45) is 14.1 Å². The second kappa shape index (κ2) is 7.32. The summed E-state index contributed by atoms with van der Waals surface area (Å²) in [5.41, 5.74) is 0.141. The van der Waals surface area contributed by atoms with Crippen molar-refractivity contribution in [1.29, 1.82) is 0 Å². The lowest BCUT2D eigenvalue weighted by Gasteiger charge is -2.29. The fourth-order valence-corrected chi connectivity index (χ4v) is 3.72. The zero-order valence-corrected chi connectivity index (χ0v) is 16.7. The van der Waals surface area contributed by atoms with Gasteiger partial charge in [-0.1, -0.05) is 30.3 Å². The summed E-state index contributed by atoms with van der Waals surface area (Å²) in [6.45, 7) is 3.99. The number of aryl methyl sites for hydroxylation is 1. The number of fused-ring (bicyclic) bond motifs is 1. The van der Waals surface area contributed by atoms with Gasteiger partial charge in [0.05, 0.1) is 19.3 Å². The van der Waals surface area contributed by atoms with Crippen LogP contribution in [0.1, 0.15) is 23.3 Å². The highest BCUT2D eigenvalue weighted by Crippen LogP contribution is 2.27. The molecule has 0 radical (unpaired) electrons. The van der Waals surface area contributed by atoms with Crippen LogP contribution in [0.15, 0.2) is 39.9 Å². The maximum atomic E-state index is 13.2. The normalized spacial score (nSPS) is 15.6. The number of Topliss-reactive ketones (excluding diaryl/α,β-unsaturated/α-hetero) is 1. The second-order valence-electron chi connectivity index (χ2n) is 7.17. The Morgan fingerprint density at radius 2 is 1.72 bits per heavy atom. The summed E-state index contributed by atoms with van der Waals surface area (Å²) in [6.07, 6.45) is 0. The van der Waals surface area contributed by atoms with Gasteiger partial charge in [0.25, 0.3) is 5.56 Å². The van der Waals surface area contributed by atoms with Crippen LogP contribution in [0.25, 0.3) is 11.2 Å². The first-order chi connectivity index (χ1) is 13.9.